The SMILES string of the molecule is CCCCC(CC)CNC(=O)C(N)(CC)CC. The van der Waals surface area contributed by atoms with Crippen LogP contribution in [0.25, 0.3) is 0 Å². The molecule has 0 rings (SSSR count). The fourth-order valence-corrected chi connectivity index (χ4v) is 1.93. The minimum atomic E-state index is -0.678. The van der Waals surface area contributed by atoms with Crippen molar-refractivity contribution in [2.45, 2.75) is 71.8 Å². The fraction of sp³-hybridized carbons (Fsp3) is 0.929. The Morgan fingerprint density at radius 1 is 1.24 bits per heavy atom. The lowest BCUT2D eigenvalue weighted by Crippen LogP contribution is -2.53. The molecule has 3 N–H and O–H groups in total. The molecule has 102 valence electrons. The van der Waals surface area contributed by atoms with Gasteiger partial charge in [-0.05, 0) is 25.2 Å². The molecule has 0 saturated carbocycles. The molecular weight excluding hydrogens is 212 g/mol. The van der Waals surface area contributed by atoms with Crippen LogP contribution in [0.5, 0.6) is 0 Å². The zero-order valence-corrected chi connectivity index (χ0v) is 12.0. The number of nitrogens with two attached hydrogens (primary N) is 1. The van der Waals surface area contributed by atoms with Gasteiger partial charge in [-0.1, -0.05) is 47.0 Å². The third kappa shape index (κ3) is 5.53. The predicted octanol–water partition coefficient (Wildman–Crippen LogP) is 2.84. The highest BCUT2D eigenvalue weighted by Gasteiger charge is 2.29. The van der Waals surface area contributed by atoms with Gasteiger partial charge in [0.25, 0.3) is 0 Å². The number of hydrogen-bond acceptors (Lipinski definition) is 2. The Labute approximate surface area is 107 Å². The molecule has 0 fully saturated rings. The summed E-state index contributed by atoms with van der Waals surface area (Å²) in [4.78, 5) is 12.0. The van der Waals surface area contributed by atoms with Gasteiger partial charge in [-0.25, -0.2) is 0 Å². The average Bonchev–Trinajstić information content (AvgIpc) is 2.37. The van der Waals surface area contributed by atoms with Crippen molar-refractivity contribution >= 4 is 5.91 Å². The highest BCUT2D eigenvalue weighted by Crippen LogP contribution is 2.14. The largest absolute Gasteiger partial charge is 0.354 e. The maximum absolute atomic E-state index is 12.0. The number of nitrogens with one attached hydrogen (secondary N) is 1. The molecule has 0 radical (unpaired) electrons. The van der Waals surface area contributed by atoms with Crippen LogP contribution in [-0.2, 0) is 4.79 Å². The maximum Gasteiger partial charge on any atom is 0.240 e. The van der Waals surface area contributed by atoms with E-state index in [0.717, 1.165) is 13.0 Å². The second kappa shape index (κ2) is 8.51. The van der Waals surface area contributed by atoms with E-state index in [4.69, 9.17) is 5.73 Å². The highest BCUT2D eigenvalue weighted by atomic mass is 16.2. The Kier molecular flexibility index (Phi) is 8.23. The molecule has 0 aromatic heterocycles. The predicted molar refractivity (Wildman–Crippen MR) is 73.8 cm³/mol. The van der Waals surface area contributed by atoms with E-state index < -0.39 is 5.54 Å². The average molecular weight is 242 g/mol. The Bertz CT molecular complexity index is 212. The van der Waals surface area contributed by atoms with Crippen molar-refractivity contribution in [2.24, 2.45) is 11.7 Å². The van der Waals surface area contributed by atoms with E-state index >= 15 is 0 Å². The lowest BCUT2D eigenvalue weighted by molar-refractivity contribution is -0.126. The first kappa shape index (κ1) is 16.4. The zero-order valence-electron chi connectivity index (χ0n) is 12.0. The van der Waals surface area contributed by atoms with E-state index in [-0.39, 0.29) is 5.91 Å². The van der Waals surface area contributed by atoms with Gasteiger partial charge >= 0.3 is 0 Å². The normalized spacial score (nSPS) is 13.5. The summed E-state index contributed by atoms with van der Waals surface area (Å²) in [5, 5.41) is 3.02. The summed E-state index contributed by atoms with van der Waals surface area (Å²) in [7, 11) is 0. The minimum absolute atomic E-state index is 0.0115. The van der Waals surface area contributed by atoms with Crippen LogP contribution >= 0.6 is 0 Å². The van der Waals surface area contributed by atoms with E-state index in [9.17, 15) is 4.79 Å². The van der Waals surface area contributed by atoms with Crippen LogP contribution in [0.3, 0.4) is 0 Å². The molecule has 1 amide bonds. The van der Waals surface area contributed by atoms with Gasteiger partial charge in [-0.15, -0.1) is 0 Å². The van der Waals surface area contributed by atoms with Gasteiger partial charge in [0.15, 0.2) is 0 Å². The first-order valence-electron chi connectivity index (χ1n) is 7.11. The third-order valence-corrected chi connectivity index (χ3v) is 3.81. The number of amides is 1. The molecule has 0 saturated heterocycles. The summed E-state index contributed by atoms with van der Waals surface area (Å²) < 4.78 is 0. The Morgan fingerprint density at radius 2 is 1.82 bits per heavy atom. The molecule has 0 aromatic rings. The zero-order chi connectivity index (χ0) is 13.3. The molecule has 1 unspecified atom stereocenters. The van der Waals surface area contributed by atoms with Crippen LogP contribution < -0.4 is 11.1 Å². The first-order chi connectivity index (χ1) is 8.03. The number of rotatable bonds is 9. The Hall–Kier alpha value is -0.570. The van der Waals surface area contributed by atoms with Crippen molar-refractivity contribution in [3.63, 3.8) is 0 Å². The molecule has 0 aliphatic rings. The van der Waals surface area contributed by atoms with Crippen molar-refractivity contribution in [3.8, 4) is 0 Å². The maximum atomic E-state index is 12.0. The summed E-state index contributed by atoms with van der Waals surface area (Å²) in [5.41, 5.74) is 5.38. The van der Waals surface area contributed by atoms with E-state index in [0.29, 0.717) is 18.8 Å². The summed E-state index contributed by atoms with van der Waals surface area (Å²) in [5.74, 6) is 0.606. The monoisotopic (exact) mass is 242 g/mol. The third-order valence-electron chi connectivity index (χ3n) is 3.81. The topological polar surface area (TPSA) is 55.1 Å². The molecule has 0 aliphatic heterocycles. The molecule has 17 heavy (non-hydrogen) atoms. The molecule has 3 nitrogen and oxygen atoms in total. The van der Waals surface area contributed by atoms with Crippen LogP contribution in [0.1, 0.15) is 66.2 Å². The molecule has 0 heterocycles. The van der Waals surface area contributed by atoms with Crippen LogP contribution in [-0.4, -0.2) is 18.0 Å². The van der Waals surface area contributed by atoms with Crippen LogP contribution in [0, 0.1) is 5.92 Å². The van der Waals surface area contributed by atoms with Gasteiger partial charge in [0.2, 0.25) is 5.91 Å². The van der Waals surface area contributed by atoms with Crippen molar-refractivity contribution in [3.05, 3.63) is 0 Å². The van der Waals surface area contributed by atoms with Gasteiger partial charge in [0.05, 0.1) is 5.54 Å². The van der Waals surface area contributed by atoms with Crippen molar-refractivity contribution in [1.29, 1.82) is 0 Å². The summed E-state index contributed by atoms with van der Waals surface area (Å²) in [6.45, 7) is 9.09. The van der Waals surface area contributed by atoms with Gasteiger partial charge in [0.1, 0.15) is 0 Å². The van der Waals surface area contributed by atoms with Gasteiger partial charge in [-0.3, -0.25) is 4.79 Å². The molecule has 0 bridgehead atoms. The van der Waals surface area contributed by atoms with Gasteiger partial charge in [-0.2, -0.15) is 0 Å². The Balaban J connectivity index is 4.11. The van der Waals surface area contributed by atoms with E-state index in [1.165, 1.54) is 19.3 Å². The Morgan fingerprint density at radius 3 is 2.24 bits per heavy atom. The van der Waals surface area contributed by atoms with Crippen LogP contribution in [0.2, 0.25) is 0 Å². The van der Waals surface area contributed by atoms with E-state index in [1.54, 1.807) is 0 Å². The van der Waals surface area contributed by atoms with Crippen molar-refractivity contribution in [2.75, 3.05) is 6.54 Å². The first-order valence-corrected chi connectivity index (χ1v) is 7.11. The van der Waals surface area contributed by atoms with Gasteiger partial charge < -0.3 is 11.1 Å². The molecular formula is C14H30N2O. The fourth-order valence-electron chi connectivity index (χ4n) is 1.93. The van der Waals surface area contributed by atoms with Crippen LogP contribution in [0.4, 0.5) is 0 Å². The van der Waals surface area contributed by atoms with Crippen molar-refractivity contribution < 1.29 is 4.79 Å². The number of carbonyl (C=O) groups excluding carboxylic acids is 1. The molecule has 0 spiro atoms. The standard InChI is InChI=1S/C14H30N2O/c1-5-9-10-12(6-2)11-16-13(17)14(15,7-3)8-4/h12H,5-11,15H2,1-4H3,(H,16,17). The molecule has 0 aliphatic carbocycles. The minimum Gasteiger partial charge on any atom is -0.354 e. The van der Waals surface area contributed by atoms with Crippen molar-refractivity contribution in [1.82, 2.24) is 5.32 Å². The lowest BCUT2D eigenvalue weighted by Gasteiger charge is -2.26. The smallest absolute Gasteiger partial charge is 0.240 e. The lowest BCUT2D eigenvalue weighted by atomic mass is 9.92. The number of unbranched alkanes of at least 4 members (excludes halogenated alkanes) is 1. The number of carbonyl (C=O) groups is 1. The highest BCUT2D eigenvalue weighted by molar-refractivity contribution is 5.85. The second-order valence-corrected chi connectivity index (χ2v) is 4.99. The van der Waals surface area contributed by atoms with E-state index in [2.05, 4.69) is 19.2 Å². The summed E-state index contributed by atoms with van der Waals surface area (Å²) in [6.07, 6.45) is 6.17. The summed E-state index contributed by atoms with van der Waals surface area (Å²) >= 11 is 0. The number of hydrogen-bond donors (Lipinski definition) is 2. The second-order valence-electron chi connectivity index (χ2n) is 4.99. The molecule has 3 heteroatoms. The quantitative estimate of drug-likeness (QED) is 0.653. The van der Waals surface area contributed by atoms with E-state index in [1.807, 2.05) is 13.8 Å². The molecule has 0 aromatic carbocycles. The summed E-state index contributed by atoms with van der Waals surface area (Å²) in [6, 6.07) is 0. The van der Waals surface area contributed by atoms with Crippen LogP contribution in [0.15, 0.2) is 0 Å². The molecule has 1 atom stereocenters. The van der Waals surface area contributed by atoms with Gasteiger partial charge in [0, 0.05) is 6.54 Å².